The minimum atomic E-state index is -0.316. The molecule has 0 saturated heterocycles. The zero-order valence-electron chi connectivity index (χ0n) is 15.3. The van der Waals surface area contributed by atoms with Crippen molar-refractivity contribution in [3.05, 3.63) is 78.0 Å². The Morgan fingerprint density at radius 1 is 1.17 bits per heavy atom. The maximum absolute atomic E-state index is 12.6. The van der Waals surface area contributed by atoms with Crippen molar-refractivity contribution in [1.82, 2.24) is 4.98 Å². The lowest BCUT2D eigenvalue weighted by Gasteiger charge is -2.25. The summed E-state index contributed by atoms with van der Waals surface area (Å²) in [6.07, 6.45) is 1.45. The van der Waals surface area contributed by atoms with E-state index in [-0.39, 0.29) is 30.1 Å². The fourth-order valence-electron chi connectivity index (χ4n) is 3.05. The summed E-state index contributed by atoms with van der Waals surface area (Å²) in [5, 5.41) is 2.60. The van der Waals surface area contributed by atoms with Crippen molar-refractivity contribution in [2.75, 3.05) is 11.2 Å². The van der Waals surface area contributed by atoms with Crippen molar-refractivity contribution < 1.29 is 19.1 Å². The second-order valence-electron chi connectivity index (χ2n) is 6.47. The van der Waals surface area contributed by atoms with Gasteiger partial charge >= 0.3 is 0 Å². The molecule has 1 aliphatic rings. The fourth-order valence-corrected chi connectivity index (χ4v) is 3.12. The third-order valence-electron chi connectivity index (χ3n) is 4.43. The van der Waals surface area contributed by atoms with Gasteiger partial charge in [0.25, 0.3) is 0 Å². The van der Waals surface area contributed by atoms with Crippen molar-refractivity contribution in [3.8, 4) is 17.4 Å². The van der Waals surface area contributed by atoms with Gasteiger partial charge in [0.1, 0.15) is 23.5 Å². The van der Waals surface area contributed by atoms with Crippen LogP contribution in [0.5, 0.6) is 17.4 Å². The molecule has 4 rings (SSSR count). The number of alkyl halides is 1. The van der Waals surface area contributed by atoms with Gasteiger partial charge in [-0.1, -0.05) is 30.3 Å². The van der Waals surface area contributed by atoms with Crippen LogP contribution in [0.4, 0.5) is 5.69 Å². The first-order valence-corrected chi connectivity index (χ1v) is 9.54. The van der Waals surface area contributed by atoms with Crippen LogP contribution in [-0.4, -0.2) is 22.6 Å². The smallest absolute Gasteiger partial charge is 0.239 e. The summed E-state index contributed by atoms with van der Waals surface area (Å²) in [4.78, 5) is 28.1. The zero-order valence-corrected chi connectivity index (χ0v) is 16.1. The molecular formula is C22H17ClN2O4. The number of amides is 1. The van der Waals surface area contributed by atoms with Gasteiger partial charge in [0, 0.05) is 6.07 Å². The number of rotatable bonds is 5. The molecule has 0 fully saturated rings. The molecule has 3 aromatic rings. The van der Waals surface area contributed by atoms with E-state index in [4.69, 9.17) is 21.1 Å². The largest absolute Gasteiger partial charge is 0.484 e. The lowest BCUT2D eigenvalue weighted by Crippen LogP contribution is -2.20. The highest BCUT2D eigenvalue weighted by atomic mass is 35.5. The first-order chi connectivity index (χ1) is 14.1. The number of nitrogens with one attached hydrogen (secondary N) is 1. The van der Waals surface area contributed by atoms with Crippen molar-refractivity contribution in [2.24, 2.45) is 0 Å². The quantitative estimate of drug-likeness (QED) is 0.616. The SMILES string of the molecule is O=C(CCl)Nc1ccc(Oc2ccc3c(c2)C(=O)CC(c2ccccc2)O3)nc1. The number of aromatic nitrogens is 1. The van der Waals surface area contributed by atoms with Gasteiger partial charge in [-0.3, -0.25) is 9.59 Å². The van der Waals surface area contributed by atoms with Gasteiger partial charge in [-0.2, -0.15) is 0 Å². The topological polar surface area (TPSA) is 77.5 Å². The Balaban J connectivity index is 1.48. The molecule has 0 saturated carbocycles. The summed E-state index contributed by atoms with van der Waals surface area (Å²) in [5.74, 6) is 0.898. The average Bonchev–Trinajstić information content (AvgIpc) is 2.76. The third-order valence-corrected chi connectivity index (χ3v) is 4.67. The van der Waals surface area contributed by atoms with Gasteiger partial charge in [0.2, 0.25) is 11.8 Å². The number of fused-ring (bicyclic) bond motifs is 1. The van der Waals surface area contributed by atoms with Gasteiger partial charge in [0.15, 0.2) is 5.78 Å². The lowest BCUT2D eigenvalue weighted by molar-refractivity contribution is -0.113. The molecule has 0 spiro atoms. The van der Waals surface area contributed by atoms with Crippen LogP contribution in [0.15, 0.2) is 66.9 Å². The molecule has 2 heterocycles. The second kappa shape index (κ2) is 8.32. The van der Waals surface area contributed by atoms with Crippen LogP contribution in [0.2, 0.25) is 0 Å². The molecule has 29 heavy (non-hydrogen) atoms. The van der Waals surface area contributed by atoms with Crippen LogP contribution in [0.25, 0.3) is 0 Å². The van der Waals surface area contributed by atoms with E-state index < -0.39 is 0 Å². The number of anilines is 1. The number of halogens is 1. The Hall–Kier alpha value is -3.38. The minimum Gasteiger partial charge on any atom is -0.484 e. The number of carbonyl (C=O) groups excluding carboxylic acids is 2. The van der Waals surface area contributed by atoms with E-state index in [1.165, 1.54) is 6.20 Å². The highest BCUT2D eigenvalue weighted by Gasteiger charge is 2.28. The monoisotopic (exact) mass is 408 g/mol. The molecule has 1 N–H and O–H groups in total. The first kappa shape index (κ1) is 19.0. The number of Topliss-reactive ketones (excluding diaryl/α,β-unsaturated/α-hetero) is 1. The van der Waals surface area contributed by atoms with Gasteiger partial charge in [-0.05, 0) is 29.8 Å². The summed E-state index contributed by atoms with van der Waals surface area (Å²) in [6, 6.07) is 18.1. The number of nitrogens with zero attached hydrogens (tertiary/aromatic N) is 1. The number of carbonyl (C=O) groups is 2. The first-order valence-electron chi connectivity index (χ1n) is 9.01. The Bertz CT molecular complexity index is 1040. The van der Waals surface area contributed by atoms with Crippen molar-refractivity contribution in [2.45, 2.75) is 12.5 Å². The summed E-state index contributed by atoms with van der Waals surface area (Å²) in [7, 11) is 0. The van der Waals surface area contributed by atoms with Crippen LogP contribution in [0, 0.1) is 0 Å². The molecule has 2 aromatic carbocycles. The Morgan fingerprint density at radius 2 is 2.00 bits per heavy atom. The van der Waals surface area contributed by atoms with Crippen LogP contribution < -0.4 is 14.8 Å². The van der Waals surface area contributed by atoms with E-state index in [9.17, 15) is 9.59 Å². The maximum Gasteiger partial charge on any atom is 0.239 e. The minimum absolute atomic E-state index is 0.00218. The normalized spacial score (nSPS) is 15.2. The standard InChI is InChI=1S/C22H17ClN2O4/c23-12-21(27)25-15-6-9-22(24-13-15)28-16-7-8-19-17(10-16)18(26)11-20(29-19)14-4-2-1-3-5-14/h1-10,13,20H,11-12H2,(H,25,27). The second-order valence-corrected chi connectivity index (χ2v) is 6.74. The molecular weight excluding hydrogens is 392 g/mol. The van der Waals surface area contributed by atoms with E-state index in [0.29, 0.717) is 28.6 Å². The van der Waals surface area contributed by atoms with Gasteiger partial charge in [-0.15, -0.1) is 11.6 Å². The van der Waals surface area contributed by atoms with Crippen LogP contribution in [-0.2, 0) is 4.79 Å². The lowest BCUT2D eigenvalue weighted by atomic mass is 9.96. The molecule has 6 nitrogen and oxygen atoms in total. The summed E-state index contributed by atoms with van der Waals surface area (Å²) < 4.78 is 11.7. The number of hydrogen-bond acceptors (Lipinski definition) is 5. The van der Waals surface area contributed by atoms with Crippen LogP contribution in [0.1, 0.15) is 28.4 Å². The molecule has 1 aromatic heterocycles. The molecule has 1 amide bonds. The Kier molecular flexibility index (Phi) is 5.44. The van der Waals surface area contributed by atoms with Gasteiger partial charge < -0.3 is 14.8 Å². The molecule has 1 atom stereocenters. The molecule has 1 aliphatic heterocycles. The van der Waals surface area contributed by atoms with E-state index in [1.54, 1.807) is 30.3 Å². The van der Waals surface area contributed by atoms with Crippen molar-refractivity contribution >= 4 is 29.0 Å². The zero-order chi connectivity index (χ0) is 20.2. The average molecular weight is 409 g/mol. The van der Waals surface area contributed by atoms with Gasteiger partial charge in [0.05, 0.1) is 23.9 Å². The number of hydrogen-bond donors (Lipinski definition) is 1. The van der Waals surface area contributed by atoms with E-state index in [0.717, 1.165) is 5.56 Å². The van der Waals surface area contributed by atoms with E-state index in [1.807, 2.05) is 30.3 Å². The van der Waals surface area contributed by atoms with Crippen LogP contribution in [0.3, 0.4) is 0 Å². The fraction of sp³-hybridized carbons (Fsp3) is 0.136. The molecule has 1 unspecified atom stereocenters. The molecule has 0 radical (unpaired) electrons. The number of ether oxygens (including phenoxy) is 2. The third kappa shape index (κ3) is 4.38. The number of pyridine rings is 1. The Labute approximate surface area is 172 Å². The highest BCUT2D eigenvalue weighted by molar-refractivity contribution is 6.29. The molecule has 146 valence electrons. The molecule has 0 aliphatic carbocycles. The van der Waals surface area contributed by atoms with Gasteiger partial charge in [-0.25, -0.2) is 4.98 Å². The summed E-state index contributed by atoms with van der Waals surface area (Å²) >= 11 is 5.46. The number of benzene rings is 2. The van der Waals surface area contributed by atoms with Crippen molar-refractivity contribution in [1.29, 1.82) is 0 Å². The highest BCUT2D eigenvalue weighted by Crippen LogP contribution is 2.37. The molecule has 0 bridgehead atoms. The summed E-state index contributed by atoms with van der Waals surface area (Å²) in [5.41, 5.74) is 1.97. The number of ketones is 1. The van der Waals surface area contributed by atoms with Crippen LogP contribution >= 0.6 is 11.6 Å². The van der Waals surface area contributed by atoms with E-state index in [2.05, 4.69) is 10.3 Å². The predicted molar refractivity (Wildman–Crippen MR) is 109 cm³/mol. The molecule has 7 heteroatoms. The maximum atomic E-state index is 12.6. The van der Waals surface area contributed by atoms with E-state index >= 15 is 0 Å². The van der Waals surface area contributed by atoms with Crippen molar-refractivity contribution in [3.63, 3.8) is 0 Å². The Morgan fingerprint density at radius 3 is 2.72 bits per heavy atom. The predicted octanol–water partition coefficient (Wildman–Crippen LogP) is 4.76. The summed E-state index contributed by atoms with van der Waals surface area (Å²) in [6.45, 7) is 0.